The number of carbonyl (C=O) groups is 1. The van der Waals surface area contributed by atoms with Crippen molar-refractivity contribution >= 4 is 24.6 Å². The van der Waals surface area contributed by atoms with Crippen molar-refractivity contribution in [2.75, 3.05) is 20.4 Å². The summed E-state index contributed by atoms with van der Waals surface area (Å²) in [6.45, 7) is 16.3. The summed E-state index contributed by atoms with van der Waals surface area (Å²) < 4.78 is 10.3. The topological polar surface area (TPSA) is 125 Å². The molecule has 0 saturated heterocycles. The molecular formula is C26H39N5O4U. The van der Waals surface area contributed by atoms with E-state index in [0.717, 1.165) is 11.1 Å². The molecule has 0 aromatic carbocycles. The van der Waals surface area contributed by atoms with Crippen LogP contribution in [0.2, 0.25) is 0 Å². The fourth-order valence-corrected chi connectivity index (χ4v) is 3.10. The van der Waals surface area contributed by atoms with Crippen LogP contribution in [-0.4, -0.2) is 50.5 Å². The van der Waals surface area contributed by atoms with Crippen LogP contribution in [0.4, 0.5) is 4.79 Å². The van der Waals surface area contributed by atoms with Gasteiger partial charge in [0.1, 0.15) is 19.2 Å². The molecule has 1 unspecified atom stereocenters. The van der Waals surface area contributed by atoms with E-state index in [9.17, 15) is 14.9 Å². The number of methoxy groups -OCH3 is 1. The van der Waals surface area contributed by atoms with Crippen LogP contribution in [0, 0.1) is 60.2 Å². The van der Waals surface area contributed by atoms with Gasteiger partial charge in [-0.25, -0.2) is 9.79 Å². The maximum Gasteiger partial charge on any atom is 2.00 e. The van der Waals surface area contributed by atoms with Crippen LogP contribution in [0.1, 0.15) is 54.4 Å². The number of allylic oxidation sites excluding steroid dienone is 4. The van der Waals surface area contributed by atoms with Gasteiger partial charge in [-0.05, 0) is 42.9 Å². The Balaban J connectivity index is 0. The molecule has 2 atom stereocenters. The number of nitrogens with one attached hydrogen (secondary N) is 2. The smallest absolute Gasteiger partial charge is 0.522 e. The molecular weight excluding hydrogens is 684 g/mol. The Hall–Kier alpha value is -2.36. The number of nitrogens with zero attached hydrogens (tertiary/aromatic N) is 3. The summed E-state index contributed by atoms with van der Waals surface area (Å²) in [5.74, 6) is 1.50. The largest absolute Gasteiger partial charge is 2.00 e. The Bertz CT molecular complexity index is 856. The zero-order valence-corrected chi connectivity index (χ0v) is 26.6. The van der Waals surface area contributed by atoms with Gasteiger partial charge in [-0.15, -0.1) is 0 Å². The Morgan fingerprint density at radius 1 is 1.47 bits per heavy atom. The van der Waals surface area contributed by atoms with Crippen LogP contribution < -0.4 is 10.6 Å². The molecule has 2 N–H and O–H groups in total. The van der Waals surface area contributed by atoms with Crippen molar-refractivity contribution in [3.8, 4) is 6.07 Å². The predicted molar refractivity (Wildman–Crippen MR) is 139 cm³/mol. The number of nitriles is 1. The first-order valence-corrected chi connectivity index (χ1v) is 11.4. The van der Waals surface area contributed by atoms with E-state index < -0.39 is 17.6 Å². The number of hydrogen-bond donors (Lipinski definition) is 2. The van der Waals surface area contributed by atoms with Gasteiger partial charge in [-0.1, -0.05) is 26.5 Å². The Kier molecular flexibility index (Phi) is 19.7. The van der Waals surface area contributed by atoms with Gasteiger partial charge in [-0.2, -0.15) is 32.4 Å². The van der Waals surface area contributed by atoms with Crippen LogP contribution in [0.25, 0.3) is 0 Å². The molecule has 2 amide bonds. The quantitative estimate of drug-likeness (QED) is 0.142. The summed E-state index contributed by atoms with van der Waals surface area (Å²) in [6, 6.07) is 2.22. The second-order valence-corrected chi connectivity index (χ2v) is 9.17. The molecule has 1 aliphatic heterocycles. The van der Waals surface area contributed by atoms with E-state index in [0.29, 0.717) is 24.7 Å². The fraction of sp³-hybridized carbons (Fsp3) is 0.538. The van der Waals surface area contributed by atoms with Crippen molar-refractivity contribution < 1.29 is 50.2 Å². The van der Waals surface area contributed by atoms with Crippen molar-refractivity contribution in [2.24, 2.45) is 21.8 Å². The summed E-state index contributed by atoms with van der Waals surface area (Å²) >= 11 is 0. The Morgan fingerprint density at radius 2 is 2.11 bits per heavy atom. The zero-order valence-electron chi connectivity index (χ0n) is 22.5. The molecule has 36 heavy (non-hydrogen) atoms. The van der Waals surface area contributed by atoms with E-state index in [2.05, 4.69) is 58.8 Å². The van der Waals surface area contributed by atoms with E-state index in [-0.39, 0.29) is 44.4 Å². The molecule has 0 fully saturated rings. The van der Waals surface area contributed by atoms with Gasteiger partial charge in [0, 0.05) is 18.0 Å². The van der Waals surface area contributed by atoms with Gasteiger partial charge >= 0.3 is 37.2 Å². The van der Waals surface area contributed by atoms with E-state index >= 15 is 0 Å². The molecule has 0 radical (unpaired) electrons. The standard InChI is InChI=1S/C22H30N5O4.C4H9.U/c1-6-17(7-8-24-14-26-21(29)30-5)19-9-18(11-23)20(25-12-19)31-13-22(4,27-15-28)10-16(2)3;1-4(2)3;/h6-8,12,16,18H,1,9-10,13-14H2,2-5H3,(H,26,29)(H,27,28);1-3H3;/q2*-1;+2/b17-7+,24-8?;;/t18?,22-;;/m0../s1. The number of ether oxygens (including phenoxy) is 2. The maximum absolute atomic E-state index is 11.0. The summed E-state index contributed by atoms with van der Waals surface area (Å²) in [5.41, 5.74) is 0.959. The predicted octanol–water partition coefficient (Wildman–Crippen LogP) is 4.41. The molecule has 0 aromatic rings. The monoisotopic (exact) mass is 723 g/mol. The van der Waals surface area contributed by atoms with Crippen LogP contribution in [0.5, 0.6) is 0 Å². The van der Waals surface area contributed by atoms with Crippen molar-refractivity contribution in [3.05, 3.63) is 42.0 Å². The molecule has 0 aromatic heterocycles. The molecule has 1 rings (SSSR count). The van der Waals surface area contributed by atoms with Gasteiger partial charge in [0.15, 0.2) is 0 Å². The van der Waals surface area contributed by atoms with Crippen molar-refractivity contribution in [1.82, 2.24) is 10.6 Å². The molecule has 0 spiro atoms. The Labute approximate surface area is 240 Å². The first-order valence-electron chi connectivity index (χ1n) is 11.4. The third-order valence-corrected chi connectivity index (χ3v) is 4.43. The molecule has 1 heterocycles. The van der Waals surface area contributed by atoms with E-state index in [1.54, 1.807) is 24.8 Å². The van der Waals surface area contributed by atoms with E-state index in [1.165, 1.54) is 19.2 Å². The molecule has 0 aliphatic carbocycles. The first kappa shape index (κ1) is 35.8. The number of rotatable bonds is 11. The summed E-state index contributed by atoms with van der Waals surface area (Å²) in [6.07, 6.45) is 8.80. The third kappa shape index (κ3) is 15.6. The van der Waals surface area contributed by atoms with Crippen LogP contribution in [0.15, 0.2) is 46.1 Å². The molecule has 1 aliphatic rings. The number of amides is 2. The van der Waals surface area contributed by atoms with Crippen LogP contribution >= 0.6 is 0 Å². The average Bonchev–Trinajstić information content (AvgIpc) is 2.79. The molecule has 0 bridgehead atoms. The van der Waals surface area contributed by atoms with Crippen molar-refractivity contribution in [1.29, 1.82) is 5.26 Å². The van der Waals surface area contributed by atoms with Gasteiger partial charge in [-0.3, -0.25) is 4.99 Å². The van der Waals surface area contributed by atoms with E-state index in [4.69, 9.17) is 4.74 Å². The average molecular weight is 724 g/mol. The molecule has 9 nitrogen and oxygen atoms in total. The molecule has 10 heteroatoms. The minimum absolute atomic E-state index is 0. The first-order chi connectivity index (χ1) is 16.5. The summed E-state index contributed by atoms with van der Waals surface area (Å²) in [7, 11) is 1.27. The Morgan fingerprint density at radius 3 is 2.61 bits per heavy atom. The number of alkyl carbamates (subject to hydrolysis) is 1. The molecule has 0 saturated carbocycles. The zero-order chi connectivity index (χ0) is 26.9. The van der Waals surface area contributed by atoms with Gasteiger partial charge in [0.25, 0.3) is 0 Å². The SMILES string of the molecule is C=C/C(=C\C=NCNC(=O)OC)C1=CN=C(OC[C@](C)(CC(C)C)N[C-]=O)C(C#N)C1.C[C-](C)C.[U+2]. The molecule has 196 valence electrons. The third-order valence-electron chi connectivity index (χ3n) is 4.43. The van der Waals surface area contributed by atoms with E-state index in [1.807, 2.05) is 20.8 Å². The van der Waals surface area contributed by atoms with Crippen molar-refractivity contribution in [2.45, 2.75) is 59.9 Å². The van der Waals surface area contributed by atoms with Gasteiger partial charge < -0.3 is 30.8 Å². The number of carbonyl (C=O) groups excluding carboxylic acids is 2. The normalized spacial score (nSPS) is 16.8. The fourth-order valence-electron chi connectivity index (χ4n) is 3.10. The van der Waals surface area contributed by atoms with Crippen LogP contribution in [-0.2, 0) is 14.3 Å². The minimum atomic E-state index is -0.608. The van der Waals surface area contributed by atoms with Crippen molar-refractivity contribution in [3.63, 3.8) is 0 Å². The minimum Gasteiger partial charge on any atom is -0.522 e. The number of aliphatic imine (C=N–C) groups is 2. The summed E-state index contributed by atoms with van der Waals surface area (Å²) in [5, 5.41) is 14.7. The number of hydrogen-bond acceptors (Lipinski definition) is 7. The van der Waals surface area contributed by atoms with Gasteiger partial charge in [0.2, 0.25) is 5.90 Å². The van der Waals surface area contributed by atoms with Gasteiger partial charge in [0.05, 0.1) is 13.2 Å². The second kappa shape index (κ2) is 19.8. The summed E-state index contributed by atoms with van der Waals surface area (Å²) in [4.78, 5) is 30.2. The second-order valence-electron chi connectivity index (χ2n) is 9.17. The van der Waals surface area contributed by atoms with Crippen LogP contribution in [0.3, 0.4) is 0 Å². The maximum atomic E-state index is 11.0.